The maximum absolute atomic E-state index is 5.88. The molecule has 0 radical (unpaired) electrons. The molecule has 3 rings (SSSR count). The van der Waals surface area contributed by atoms with Crippen LogP contribution in [0.3, 0.4) is 0 Å². The molecule has 19 heavy (non-hydrogen) atoms. The summed E-state index contributed by atoms with van der Waals surface area (Å²) in [5, 5.41) is 4.90. The van der Waals surface area contributed by atoms with Crippen molar-refractivity contribution in [2.24, 2.45) is 11.1 Å². The Balaban J connectivity index is 1.50. The van der Waals surface area contributed by atoms with Crippen LogP contribution in [0.4, 0.5) is 0 Å². The van der Waals surface area contributed by atoms with Crippen LogP contribution in [-0.4, -0.2) is 36.9 Å². The lowest BCUT2D eigenvalue weighted by Crippen LogP contribution is -2.23. The SMILES string of the molecule is Clc1cccc(C#CCO/N=C2\CN3CCC2C3)c1. The fourth-order valence-corrected chi connectivity index (χ4v) is 2.75. The molecule has 2 aliphatic heterocycles. The van der Waals surface area contributed by atoms with Gasteiger partial charge in [0.2, 0.25) is 0 Å². The number of fused-ring (bicyclic) bond motifs is 2. The minimum atomic E-state index is 0.322. The number of rotatable bonds is 2. The molecule has 4 heteroatoms. The molecule has 3 nitrogen and oxygen atoms in total. The van der Waals surface area contributed by atoms with Gasteiger partial charge < -0.3 is 4.84 Å². The molecule has 2 saturated heterocycles. The topological polar surface area (TPSA) is 24.8 Å². The molecular weight excluding hydrogens is 260 g/mol. The van der Waals surface area contributed by atoms with Gasteiger partial charge in [-0.1, -0.05) is 34.7 Å². The number of hydrogen-bond acceptors (Lipinski definition) is 3. The van der Waals surface area contributed by atoms with Crippen LogP contribution in [-0.2, 0) is 4.84 Å². The molecule has 2 atom stereocenters. The van der Waals surface area contributed by atoms with Crippen molar-refractivity contribution >= 4 is 17.3 Å². The first-order valence-electron chi connectivity index (χ1n) is 6.47. The Morgan fingerprint density at radius 3 is 3.16 bits per heavy atom. The van der Waals surface area contributed by atoms with Crippen LogP contribution in [0.2, 0.25) is 5.02 Å². The van der Waals surface area contributed by atoms with Crippen LogP contribution in [0.15, 0.2) is 29.4 Å². The van der Waals surface area contributed by atoms with Gasteiger partial charge in [0.15, 0.2) is 6.61 Å². The fraction of sp³-hybridized carbons (Fsp3) is 0.400. The Morgan fingerprint density at radius 1 is 1.47 bits per heavy atom. The van der Waals surface area contributed by atoms with Crippen LogP contribution in [0.25, 0.3) is 0 Å². The van der Waals surface area contributed by atoms with Crippen molar-refractivity contribution in [3.63, 3.8) is 0 Å². The van der Waals surface area contributed by atoms with Gasteiger partial charge in [-0.05, 0) is 31.2 Å². The zero-order valence-corrected chi connectivity index (χ0v) is 11.4. The third-order valence-corrected chi connectivity index (χ3v) is 3.74. The van der Waals surface area contributed by atoms with E-state index < -0.39 is 0 Å². The van der Waals surface area contributed by atoms with E-state index in [0.29, 0.717) is 17.5 Å². The number of nitrogens with zero attached hydrogens (tertiary/aromatic N) is 2. The fourth-order valence-electron chi connectivity index (χ4n) is 2.56. The van der Waals surface area contributed by atoms with Crippen LogP contribution in [0.5, 0.6) is 0 Å². The minimum Gasteiger partial charge on any atom is -0.383 e. The Labute approximate surface area is 118 Å². The molecule has 2 unspecified atom stereocenters. The van der Waals surface area contributed by atoms with Crippen molar-refractivity contribution in [1.29, 1.82) is 0 Å². The predicted molar refractivity (Wildman–Crippen MR) is 76.3 cm³/mol. The molecule has 98 valence electrons. The summed E-state index contributed by atoms with van der Waals surface area (Å²) in [7, 11) is 0. The van der Waals surface area contributed by atoms with E-state index in [1.54, 1.807) is 0 Å². The third kappa shape index (κ3) is 3.09. The molecule has 2 aliphatic rings. The third-order valence-electron chi connectivity index (χ3n) is 3.51. The van der Waals surface area contributed by atoms with E-state index in [4.69, 9.17) is 16.4 Å². The Bertz CT molecular complexity index is 559. The molecule has 1 aromatic rings. The summed E-state index contributed by atoms with van der Waals surface area (Å²) < 4.78 is 0. The lowest BCUT2D eigenvalue weighted by molar-refractivity contribution is 0.177. The molecule has 0 saturated carbocycles. The van der Waals surface area contributed by atoms with Gasteiger partial charge in [-0.3, -0.25) is 4.90 Å². The van der Waals surface area contributed by atoms with E-state index >= 15 is 0 Å². The summed E-state index contributed by atoms with van der Waals surface area (Å²) in [5.41, 5.74) is 2.07. The molecule has 0 aliphatic carbocycles. The van der Waals surface area contributed by atoms with Crippen molar-refractivity contribution in [3.8, 4) is 11.8 Å². The minimum absolute atomic E-state index is 0.322. The van der Waals surface area contributed by atoms with E-state index in [1.807, 2.05) is 24.3 Å². The summed E-state index contributed by atoms with van der Waals surface area (Å²) in [4.78, 5) is 7.68. The number of benzene rings is 1. The van der Waals surface area contributed by atoms with Gasteiger partial charge in [-0.25, -0.2) is 0 Å². The Morgan fingerprint density at radius 2 is 2.42 bits per heavy atom. The van der Waals surface area contributed by atoms with Crippen molar-refractivity contribution in [2.75, 3.05) is 26.2 Å². The van der Waals surface area contributed by atoms with E-state index in [0.717, 1.165) is 18.7 Å². The van der Waals surface area contributed by atoms with Gasteiger partial charge in [0, 0.05) is 29.6 Å². The first-order valence-corrected chi connectivity index (χ1v) is 6.84. The second-order valence-corrected chi connectivity index (χ2v) is 5.33. The number of oxime groups is 1. The van der Waals surface area contributed by atoms with Gasteiger partial charge >= 0.3 is 0 Å². The summed E-state index contributed by atoms with van der Waals surface area (Å²) in [6.45, 7) is 3.64. The predicted octanol–water partition coefficient (Wildman–Crippen LogP) is 2.40. The average molecular weight is 275 g/mol. The highest BCUT2D eigenvalue weighted by molar-refractivity contribution is 6.30. The molecule has 0 amide bonds. The zero-order chi connectivity index (χ0) is 13.1. The molecule has 0 aromatic heterocycles. The highest BCUT2D eigenvalue weighted by Crippen LogP contribution is 2.25. The molecule has 2 heterocycles. The van der Waals surface area contributed by atoms with Gasteiger partial charge in [-0.2, -0.15) is 0 Å². The van der Waals surface area contributed by atoms with Crippen LogP contribution >= 0.6 is 11.6 Å². The highest BCUT2D eigenvalue weighted by Gasteiger charge is 2.35. The lowest BCUT2D eigenvalue weighted by Gasteiger charge is -2.12. The average Bonchev–Trinajstić information content (AvgIpc) is 3.01. The summed E-state index contributed by atoms with van der Waals surface area (Å²) in [5.74, 6) is 6.56. The van der Waals surface area contributed by atoms with Crippen LogP contribution in [0, 0.1) is 17.8 Å². The second-order valence-electron chi connectivity index (χ2n) is 4.89. The molecular formula is C15H15ClN2O. The molecule has 2 fully saturated rings. The maximum Gasteiger partial charge on any atom is 0.177 e. The number of piperidine rings is 1. The van der Waals surface area contributed by atoms with E-state index in [1.165, 1.54) is 18.7 Å². The Hall–Kier alpha value is -1.50. The Kier molecular flexibility index (Phi) is 3.72. The van der Waals surface area contributed by atoms with E-state index in [9.17, 15) is 0 Å². The number of hydrogen-bond donors (Lipinski definition) is 0. The van der Waals surface area contributed by atoms with E-state index in [2.05, 4.69) is 21.9 Å². The first kappa shape index (κ1) is 12.5. The number of halogens is 1. The lowest BCUT2D eigenvalue weighted by atomic mass is 10.0. The molecule has 1 aromatic carbocycles. The zero-order valence-electron chi connectivity index (χ0n) is 10.6. The smallest absolute Gasteiger partial charge is 0.177 e. The molecule has 0 spiro atoms. The standard InChI is InChI=1S/C15H15ClN2O/c16-14-5-1-3-12(9-14)4-2-8-19-17-15-11-18-7-6-13(15)10-18/h1,3,5,9,13H,6-8,10-11H2/b17-15+. The van der Waals surface area contributed by atoms with Crippen LogP contribution in [0.1, 0.15) is 12.0 Å². The van der Waals surface area contributed by atoms with Gasteiger partial charge in [-0.15, -0.1) is 0 Å². The largest absolute Gasteiger partial charge is 0.383 e. The molecule has 2 bridgehead atoms. The van der Waals surface area contributed by atoms with E-state index in [-0.39, 0.29) is 0 Å². The molecule has 0 N–H and O–H groups in total. The highest BCUT2D eigenvalue weighted by atomic mass is 35.5. The first-order chi connectivity index (χ1) is 9.31. The monoisotopic (exact) mass is 274 g/mol. The summed E-state index contributed by atoms with van der Waals surface area (Å²) >= 11 is 5.88. The van der Waals surface area contributed by atoms with Crippen molar-refractivity contribution in [1.82, 2.24) is 4.90 Å². The van der Waals surface area contributed by atoms with Gasteiger partial charge in [0.1, 0.15) is 0 Å². The van der Waals surface area contributed by atoms with Crippen molar-refractivity contribution in [2.45, 2.75) is 6.42 Å². The van der Waals surface area contributed by atoms with Gasteiger partial charge in [0.25, 0.3) is 0 Å². The second kappa shape index (κ2) is 5.64. The quantitative estimate of drug-likeness (QED) is 0.470. The maximum atomic E-state index is 5.88. The van der Waals surface area contributed by atoms with Crippen LogP contribution < -0.4 is 0 Å². The van der Waals surface area contributed by atoms with Crippen molar-refractivity contribution < 1.29 is 4.84 Å². The summed E-state index contributed by atoms with van der Waals surface area (Å²) in [6, 6.07) is 7.48. The van der Waals surface area contributed by atoms with Crippen molar-refractivity contribution in [3.05, 3.63) is 34.9 Å². The summed E-state index contributed by atoms with van der Waals surface area (Å²) in [6.07, 6.45) is 1.22. The normalized spacial score (nSPS) is 26.3. The van der Waals surface area contributed by atoms with Gasteiger partial charge in [0.05, 0.1) is 5.71 Å².